The summed E-state index contributed by atoms with van der Waals surface area (Å²) in [5.41, 5.74) is 4.33. The van der Waals surface area contributed by atoms with Crippen molar-refractivity contribution in [3.05, 3.63) is 59.7 Å². The number of benzene rings is 2. The minimum Gasteiger partial charge on any atom is -0.307 e. The van der Waals surface area contributed by atoms with Gasteiger partial charge in [0, 0.05) is 25.1 Å². The first-order valence-corrected chi connectivity index (χ1v) is 8.50. The first-order chi connectivity index (χ1) is 12.1. The highest BCUT2D eigenvalue weighted by molar-refractivity contribution is 6.45. The number of hydrazone groups is 1. The Morgan fingerprint density at radius 3 is 2.72 bits per heavy atom. The van der Waals surface area contributed by atoms with Gasteiger partial charge >= 0.3 is 0 Å². The van der Waals surface area contributed by atoms with Crippen molar-refractivity contribution >= 4 is 28.9 Å². The van der Waals surface area contributed by atoms with Crippen LogP contribution in [0.4, 0.5) is 11.4 Å². The van der Waals surface area contributed by atoms with Gasteiger partial charge in [-0.2, -0.15) is 5.10 Å². The van der Waals surface area contributed by atoms with Crippen LogP contribution in [0.15, 0.2) is 53.6 Å². The number of carbonyl (C=O) groups excluding carboxylic acids is 2. The van der Waals surface area contributed by atoms with E-state index in [0.29, 0.717) is 30.8 Å². The molecule has 2 amide bonds. The number of aryl methyl sites for hydroxylation is 1. The number of hydrogen-bond acceptors (Lipinski definition) is 3. The molecule has 2 aliphatic rings. The monoisotopic (exact) mass is 333 g/mol. The van der Waals surface area contributed by atoms with Gasteiger partial charge in [0.1, 0.15) is 5.71 Å². The highest BCUT2D eigenvalue weighted by Crippen LogP contribution is 2.29. The van der Waals surface area contributed by atoms with E-state index in [1.807, 2.05) is 55.5 Å². The van der Waals surface area contributed by atoms with Gasteiger partial charge < -0.3 is 4.90 Å². The average Bonchev–Trinajstić information content (AvgIpc) is 3.05. The normalized spacial score (nSPS) is 16.7. The molecule has 25 heavy (non-hydrogen) atoms. The molecule has 5 nitrogen and oxygen atoms in total. The maximum atomic E-state index is 13.0. The van der Waals surface area contributed by atoms with Crippen LogP contribution in [0.2, 0.25) is 0 Å². The predicted molar refractivity (Wildman–Crippen MR) is 97.8 cm³/mol. The van der Waals surface area contributed by atoms with Crippen molar-refractivity contribution in [1.29, 1.82) is 0 Å². The summed E-state index contributed by atoms with van der Waals surface area (Å²) in [6, 6.07) is 15.5. The zero-order valence-electron chi connectivity index (χ0n) is 14.1. The Balaban J connectivity index is 1.65. The molecule has 4 rings (SSSR count). The van der Waals surface area contributed by atoms with Gasteiger partial charge in [-0.3, -0.25) is 9.59 Å². The van der Waals surface area contributed by atoms with Crippen molar-refractivity contribution in [3.63, 3.8) is 0 Å². The van der Waals surface area contributed by atoms with E-state index < -0.39 is 0 Å². The predicted octanol–water partition coefficient (Wildman–Crippen LogP) is 3.07. The summed E-state index contributed by atoms with van der Waals surface area (Å²) in [4.78, 5) is 27.0. The van der Waals surface area contributed by atoms with E-state index in [1.54, 1.807) is 4.90 Å². The summed E-state index contributed by atoms with van der Waals surface area (Å²) in [5.74, 6) is -0.181. The summed E-state index contributed by atoms with van der Waals surface area (Å²) in [6.45, 7) is 2.63. The fourth-order valence-electron chi connectivity index (χ4n) is 3.37. The molecule has 0 bridgehead atoms. The minimum absolute atomic E-state index is 0.0797. The zero-order chi connectivity index (χ0) is 17.4. The lowest BCUT2D eigenvalue weighted by molar-refractivity contribution is -0.118. The summed E-state index contributed by atoms with van der Waals surface area (Å²) in [6.07, 6.45) is 1.54. The number of para-hydroxylation sites is 1. The number of fused-ring (bicyclic) bond motifs is 1. The topological polar surface area (TPSA) is 53.0 Å². The Morgan fingerprint density at radius 1 is 1.04 bits per heavy atom. The van der Waals surface area contributed by atoms with Gasteiger partial charge in [-0.15, -0.1) is 0 Å². The molecule has 0 aromatic heterocycles. The number of rotatable bonds is 2. The zero-order valence-corrected chi connectivity index (χ0v) is 14.1. The molecule has 0 saturated carbocycles. The fraction of sp³-hybridized carbons (Fsp3) is 0.250. The van der Waals surface area contributed by atoms with Crippen molar-refractivity contribution in [2.24, 2.45) is 5.10 Å². The smallest absolute Gasteiger partial charge is 0.274 e. The van der Waals surface area contributed by atoms with Crippen molar-refractivity contribution in [2.75, 3.05) is 16.5 Å². The second kappa shape index (κ2) is 6.16. The molecule has 2 aromatic carbocycles. The largest absolute Gasteiger partial charge is 0.307 e. The molecule has 0 unspecified atom stereocenters. The standard InChI is InChI=1S/C20H19N3O2/c1-14-5-4-7-16(13-14)23-19(24)10-9-17(21-23)20(25)22-12-11-15-6-2-3-8-18(15)22/h2-8,13H,9-12H2,1H3. The summed E-state index contributed by atoms with van der Waals surface area (Å²) < 4.78 is 0. The van der Waals surface area contributed by atoms with Crippen molar-refractivity contribution in [2.45, 2.75) is 26.2 Å². The number of nitrogens with zero attached hydrogens (tertiary/aromatic N) is 3. The first-order valence-electron chi connectivity index (χ1n) is 8.50. The quantitative estimate of drug-likeness (QED) is 0.848. The molecule has 0 aliphatic carbocycles. The van der Waals surface area contributed by atoms with Gasteiger partial charge in [0.15, 0.2) is 0 Å². The van der Waals surface area contributed by atoms with Crippen LogP contribution in [-0.2, 0) is 16.0 Å². The van der Waals surface area contributed by atoms with Crippen LogP contribution >= 0.6 is 0 Å². The molecule has 0 N–H and O–H groups in total. The van der Waals surface area contributed by atoms with Crippen LogP contribution in [0.1, 0.15) is 24.0 Å². The Hall–Kier alpha value is -2.95. The Morgan fingerprint density at radius 2 is 1.88 bits per heavy atom. The van der Waals surface area contributed by atoms with Crippen LogP contribution in [0.5, 0.6) is 0 Å². The SMILES string of the molecule is Cc1cccc(N2N=C(C(=O)N3CCc4ccccc43)CCC2=O)c1. The highest BCUT2D eigenvalue weighted by atomic mass is 16.2. The van der Waals surface area contributed by atoms with Gasteiger partial charge in [0.05, 0.1) is 5.69 Å². The number of anilines is 2. The van der Waals surface area contributed by atoms with Gasteiger partial charge in [0.2, 0.25) is 5.91 Å². The van der Waals surface area contributed by atoms with E-state index in [1.165, 1.54) is 10.6 Å². The first kappa shape index (κ1) is 15.6. The second-order valence-corrected chi connectivity index (χ2v) is 6.43. The molecule has 126 valence electrons. The Bertz CT molecular complexity index is 888. The molecule has 2 aromatic rings. The van der Waals surface area contributed by atoms with Crippen LogP contribution in [0, 0.1) is 6.92 Å². The Labute approximate surface area is 146 Å². The van der Waals surface area contributed by atoms with Crippen molar-refractivity contribution < 1.29 is 9.59 Å². The molecular formula is C20H19N3O2. The lowest BCUT2D eigenvalue weighted by Gasteiger charge is -2.25. The van der Waals surface area contributed by atoms with E-state index in [2.05, 4.69) is 5.10 Å². The minimum atomic E-state index is -0.102. The van der Waals surface area contributed by atoms with Crippen LogP contribution in [0.3, 0.4) is 0 Å². The third kappa shape index (κ3) is 2.82. The van der Waals surface area contributed by atoms with Gasteiger partial charge in [-0.1, -0.05) is 30.3 Å². The second-order valence-electron chi connectivity index (χ2n) is 6.43. The molecule has 5 heteroatoms. The van der Waals surface area contributed by atoms with Crippen molar-refractivity contribution in [1.82, 2.24) is 0 Å². The molecule has 0 saturated heterocycles. The van der Waals surface area contributed by atoms with Crippen LogP contribution in [-0.4, -0.2) is 24.1 Å². The summed E-state index contributed by atoms with van der Waals surface area (Å²) >= 11 is 0. The van der Waals surface area contributed by atoms with E-state index in [0.717, 1.165) is 17.7 Å². The lowest BCUT2D eigenvalue weighted by atomic mass is 10.1. The van der Waals surface area contributed by atoms with Crippen LogP contribution in [0.25, 0.3) is 0 Å². The highest BCUT2D eigenvalue weighted by Gasteiger charge is 2.31. The number of carbonyl (C=O) groups is 2. The lowest BCUT2D eigenvalue weighted by Crippen LogP contribution is -2.41. The van der Waals surface area contributed by atoms with Gasteiger partial charge in [-0.05, 0) is 42.7 Å². The summed E-state index contributed by atoms with van der Waals surface area (Å²) in [5, 5.41) is 5.77. The maximum Gasteiger partial charge on any atom is 0.274 e. The number of hydrogen-bond donors (Lipinski definition) is 0. The van der Waals surface area contributed by atoms with Gasteiger partial charge in [0.25, 0.3) is 5.91 Å². The summed E-state index contributed by atoms with van der Waals surface area (Å²) in [7, 11) is 0. The van der Waals surface area contributed by atoms with Crippen LogP contribution < -0.4 is 9.91 Å². The third-order valence-corrected chi connectivity index (χ3v) is 4.66. The Kier molecular flexibility index (Phi) is 3.84. The molecule has 2 heterocycles. The van der Waals surface area contributed by atoms with Gasteiger partial charge in [-0.25, -0.2) is 5.01 Å². The fourth-order valence-corrected chi connectivity index (χ4v) is 3.37. The molecule has 0 fully saturated rings. The van der Waals surface area contributed by atoms with Crippen molar-refractivity contribution in [3.8, 4) is 0 Å². The van der Waals surface area contributed by atoms with E-state index >= 15 is 0 Å². The van der Waals surface area contributed by atoms with E-state index in [9.17, 15) is 9.59 Å². The van der Waals surface area contributed by atoms with E-state index in [4.69, 9.17) is 0 Å². The molecule has 0 atom stereocenters. The molecule has 2 aliphatic heterocycles. The molecular weight excluding hydrogens is 314 g/mol. The average molecular weight is 333 g/mol. The van der Waals surface area contributed by atoms with E-state index in [-0.39, 0.29) is 11.8 Å². The number of amides is 2. The maximum absolute atomic E-state index is 13.0. The molecule has 0 radical (unpaired) electrons. The third-order valence-electron chi connectivity index (χ3n) is 4.66. The molecule has 0 spiro atoms.